The Labute approximate surface area is 266 Å². The Morgan fingerprint density at radius 2 is 1.62 bits per heavy atom. The van der Waals surface area contributed by atoms with Crippen LogP contribution in [-0.2, 0) is 28.6 Å². The third-order valence-corrected chi connectivity index (χ3v) is 8.68. The number of nitrogens with one attached hydrogen (secondary N) is 2. The van der Waals surface area contributed by atoms with E-state index < -0.39 is 53.0 Å². The van der Waals surface area contributed by atoms with Gasteiger partial charge in [-0.05, 0) is 50.3 Å². The molecule has 3 atom stereocenters. The van der Waals surface area contributed by atoms with Crippen molar-refractivity contribution >= 4 is 35.6 Å². The molecule has 0 aromatic heterocycles. The van der Waals surface area contributed by atoms with Crippen LogP contribution in [0, 0.1) is 0 Å². The van der Waals surface area contributed by atoms with E-state index in [1.807, 2.05) is 78.9 Å². The number of benzene rings is 2. The predicted molar refractivity (Wildman–Crippen MR) is 169 cm³/mol. The highest BCUT2D eigenvalue weighted by Gasteiger charge is 2.55. The first-order valence-electron chi connectivity index (χ1n) is 14.7. The average molecular weight is 632 g/mol. The summed E-state index contributed by atoms with van der Waals surface area (Å²) in [5.41, 5.74) is 1.49. The lowest BCUT2D eigenvalue weighted by Crippen LogP contribution is -2.71. The van der Waals surface area contributed by atoms with Gasteiger partial charge in [-0.2, -0.15) is 0 Å². The van der Waals surface area contributed by atoms with Crippen molar-refractivity contribution in [1.29, 1.82) is 0 Å². The van der Waals surface area contributed by atoms with Crippen LogP contribution in [0.5, 0.6) is 0 Å². The quantitative estimate of drug-likeness (QED) is 0.231. The zero-order chi connectivity index (χ0) is 32.1. The van der Waals surface area contributed by atoms with Gasteiger partial charge in [-0.15, -0.1) is 11.8 Å². The molecular formula is C34H37N3O7S. The maximum atomic E-state index is 13.8. The van der Waals surface area contributed by atoms with E-state index in [1.54, 1.807) is 20.8 Å². The number of amides is 3. The zero-order valence-corrected chi connectivity index (χ0v) is 26.5. The van der Waals surface area contributed by atoms with Gasteiger partial charge in [0.2, 0.25) is 5.91 Å². The molecule has 11 heteroatoms. The molecule has 0 radical (unpaired) electrons. The molecule has 1 aliphatic carbocycles. The summed E-state index contributed by atoms with van der Waals surface area (Å²) in [5.74, 6) is -1.13. The van der Waals surface area contributed by atoms with Gasteiger partial charge < -0.3 is 24.8 Å². The SMILES string of the molecule is COC1=C(C(=O)OC(c2ccccc2)c2ccccc2)N2C(=O)[C@@H](NC(=O)C(NC(=O)OC(C)(C)C)C3=CCC=CC3)[C@H]2SC1. The first-order chi connectivity index (χ1) is 21.6. The summed E-state index contributed by atoms with van der Waals surface area (Å²) in [7, 11) is 1.44. The molecule has 1 unspecified atom stereocenters. The Kier molecular flexibility index (Phi) is 9.67. The van der Waals surface area contributed by atoms with Gasteiger partial charge in [-0.25, -0.2) is 9.59 Å². The van der Waals surface area contributed by atoms with E-state index in [2.05, 4.69) is 10.6 Å². The smallest absolute Gasteiger partial charge is 0.408 e. The Morgan fingerprint density at radius 3 is 2.18 bits per heavy atom. The predicted octanol–water partition coefficient (Wildman–Crippen LogP) is 4.75. The Balaban J connectivity index is 1.34. The number of ether oxygens (including phenoxy) is 3. The molecule has 2 aromatic rings. The molecule has 1 fully saturated rings. The number of esters is 1. The normalized spacial score (nSPS) is 20.0. The minimum Gasteiger partial charge on any atom is -0.498 e. The highest BCUT2D eigenvalue weighted by molar-refractivity contribution is 8.00. The van der Waals surface area contributed by atoms with Crippen LogP contribution in [0.3, 0.4) is 0 Å². The van der Waals surface area contributed by atoms with Crippen molar-refractivity contribution in [3.05, 3.63) is 107 Å². The van der Waals surface area contributed by atoms with Crippen molar-refractivity contribution in [3.8, 4) is 0 Å². The number of allylic oxidation sites excluding steroid dienone is 3. The number of carbonyl (C=O) groups is 4. The molecule has 10 nitrogen and oxygen atoms in total. The van der Waals surface area contributed by atoms with Crippen LogP contribution in [0.2, 0.25) is 0 Å². The molecule has 1 saturated heterocycles. The largest absolute Gasteiger partial charge is 0.498 e. The van der Waals surface area contributed by atoms with Crippen LogP contribution in [0.1, 0.15) is 50.8 Å². The molecule has 2 aliphatic heterocycles. The molecular weight excluding hydrogens is 594 g/mol. The van der Waals surface area contributed by atoms with Gasteiger partial charge in [-0.1, -0.05) is 78.9 Å². The highest BCUT2D eigenvalue weighted by atomic mass is 32.2. The number of carbonyl (C=O) groups excluding carboxylic acids is 4. The van der Waals surface area contributed by atoms with E-state index in [-0.39, 0.29) is 5.70 Å². The fourth-order valence-corrected chi connectivity index (χ4v) is 6.64. The second-order valence-corrected chi connectivity index (χ2v) is 12.9. The van der Waals surface area contributed by atoms with Crippen molar-refractivity contribution in [1.82, 2.24) is 15.5 Å². The van der Waals surface area contributed by atoms with E-state index in [4.69, 9.17) is 14.2 Å². The molecule has 2 aromatic carbocycles. The number of nitrogens with zero attached hydrogens (tertiary/aromatic N) is 1. The van der Waals surface area contributed by atoms with Gasteiger partial charge in [0.15, 0.2) is 11.8 Å². The lowest BCUT2D eigenvalue weighted by molar-refractivity contribution is -0.155. The zero-order valence-electron chi connectivity index (χ0n) is 25.6. The number of hydrogen-bond donors (Lipinski definition) is 2. The third kappa shape index (κ3) is 7.25. The Hall–Kier alpha value is -4.51. The molecule has 0 bridgehead atoms. The van der Waals surface area contributed by atoms with Gasteiger partial charge in [0, 0.05) is 0 Å². The van der Waals surface area contributed by atoms with E-state index in [1.165, 1.54) is 23.8 Å². The van der Waals surface area contributed by atoms with Gasteiger partial charge >= 0.3 is 12.1 Å². The fourth-order valence-electron chi connectivity index (χ4n) is 5.33. The minimum atomic E-state index is -1.03. The maximum absolute atomic E-state index is 13.8. The van der Waals surface area contributed by atoms with Crippen LogP contribution < -0.4 is 10.6 Å². The van der Waals surface area contributed by atoms with Gasteiger partial charge in [0.1, 0.15) is 28.8 Å². The third-order valence-electron chi connectivity index (χ3n) is 7.43. The standard InChI is InChI=1S/C34H37N3O7S/c1-34(2,3)44-33(41)36-25(21-14-8-5-9-15-21)29(38)35-26-30(39)37-27(24(42-4)20-45-31(26)37)32(40)43-28(22-16-10-6-11-17-22)23-18-12-7-13-19-23/h5-8,10-13,15-19,25-26,28,31H,9,14,20H2,1-4H3,(H,35,38)(H,36,41)/t25?,26-,31-/m1/s1. The summed E-state index contributed by atoms with van der Waals surface area (Å²) in [5, 5.41) is 4.91. The topological polar surface area (TPSA) is 123 Å². The van der Waals surface area contributed by atoms with Crippen molar-refractivity contribution in [2.75, 3.05) is 12.9 Å². The van der Waals surface area contributed by atoms with Crippen molar-refractivity contribution in [3.63, 3.8) is 0 Å². The van der Waals surface area contributed by atoms with E-state index in [9.17, 15) is 19.2 Å². The van der Waals surface area contributed by atoms with Crippen LogP contribution in [0.15, 0.2) is 95.9 Å². The average Bonchev–Trinajstić information content (AvgIpc) is 3.04. The maximum Gasteiger partial charge on any atom is 0.408 e. The summed E-state index contributed by atoms with van der Waals surface area (Å²) in [4.78, 5) is 55.0. The minimum absolute atomic E-state index is 0.0113. The van der Waals surface area contributed by atoms with Crippen molar-refractivity contribution in [2.45, 2.75) is 62.8 Å². The Bertz CT molecular complexity index is 1490. The number of thioether (sulfide) groups is 1. The van der Waals surface area contributed by atoms with Crippen molar-refractivity contribution < 1.29 is 33.4 Å². The summed E-state index contributed by atoms with van der Waals surface area (Å²) in [6.45, 7) is 5.20. The lowest BCUT2D eigenvalue weighted by atomic mass is 9.96. The molecule has 3 amide bonds. The number of fused-ring (bicyclic) bond motifs is 1. The second-order valence-electron chi connectivity index (χ2n) is 11.7. The van der Waals surface area contributed by atoms with Gasteiger partial charge in [-0.3, -0.25) is 14.5 Å². The number of β-lactam (4-membered cyclic amide) rings is 1. The number of alkyl carbamates (subject to hydrolysis) is 1. The number of hydrogen-bond acceptors (Lipinski definition) is 8. The first-order valence-corrected chi connectivity index (χ1v) is 15.8. The van der Waals surface area contributed by atoms with E-state index in [0.717, 1.165) is 11.1 Å². The van der Waals surface area contributed by atoms with Gasteiger partial charge in [0.05, 0.1) is 12.9 Å². The monoisotopic (exact) mass is 631 g/mol. The van der Waals surface area contributed by atoms with Gasteiger partial charge in [0.25, 0.3) is 5.91 Å². The molecule has 236 valence electrons. The molecule has 2 heterocycles. The number of rotatable bonds is 9. The van der Waals surface area contributed by atoms with Crippen LogP contribution in [0.4, 0.5) is 4.79 Å². The van der Waals surface area contributed by atoms with Crippen LogP contribution in [-0.4, -0.2) is 64.7 Å². The highest BCUT2D eigenvalue weighted by Crippen LogP contribution is 2.42. The van der Waals surface area contributed by atoms with E-state index in [0.29, 0.717) is 29.9 Å². The molecule has 5 rings (SSSR count). The van der Waals surface area contributed by atoms with E-state index >= 15 is 0 Å². The summed E-state index contributed by atoms with van der Waals surface area (Å²) in [6, 6.07) is 16.7. The van der Waals surface area contributed by atoms with Crippen LogP contribution in [0.25, 0.3) is 0 Å². The van der Waals surface area contributed by atoms with Crippen LogP contribution >= 0.6 is 11.8 Å². The molecule has 45 heavy (non-hydrogen) atoms. The lowest BCUT2D eigenvalue weighted by Gasteiger charge is -2.49. The molecule has 2 N–H and O–H groups in total. The van der Waals surface area contributed by atoms with Crippen molar-refractivity contribution in [2.24, 2.45) is 0 Å². The fraction of sp³-hybridized carbons (Fsp3) is 0.353. The summed E-state index contributed by atoms with van der Waals surface area (Å²) in [6.07, 6.45) is 5.40. The summed E-state index contributed by atoms with van der Waals surface area (Å²) < 4.78 is 17.0. The number of methoxy groups -OCH3 is 1. The Morgan fingerprint density at radius 1 is 0.978 bits per heavy atom. The second kappa shape index (κ2) is 13.6. The summed E-state index contributed by atoms with van der Waals surface area (Å²) >= 11 is 1.36. The molecule has 3 aliphatic rings. The molecule has 0 spiro atoms. The molecule has 0 saturated carbocycles. The first kappa shape index (κ1) is 31.9.